The third-order valence-electron chi connectivity index (χ3n) is 7.47. The zero-order chi connectivity index (χ0) is 27.7. The van der Waals surface area contributed by atoms with Crippen molar-refractivity contribution >= 4 is 28.5 Å². The maximum Gasteiger partial charge on any atom is 0.411 e. The average Bonchev–Trinajstić information content (AvgIpc) is 3.65. The first-order valence-electron chi connectivity index (χ1n) is 13.4. The van der Waals surface area contributed by atoms with Crippen LogP contribution in [0.2, 0.25) is 0 Å². The van der Waals surface area contributed by atoms with Crippen LogP contribution in [0.5, 0.6) is 0 Å². The Morgan fingerprint density at radius 2 is 2.08 bits per heavy atom. The maximum absolute atomic E-state index is 15.1. The molecular weight excluding hydrogens is 521 g/mol. The molecule has 39 heavy (non-hydrogen) atoms. The van der Waals surface area contributed by atoms with E-state index in [2.05, 4.69) is 21.3 Å². The van der Waals surface area contributed by atoms with Crippen LogP contribution in [0.25, 0.3) is 10.4 Å². The van der Waals surface area contributed by atoms with Gasteiger partial charge in [-0.1, -0.05) is 23.5 Å². The van der Waals surface area contributed by atoms with E-state index >= 15 is 4.39 Å². The molecule has 4 unspecified atom stereocenters. The molecule has 0 radical (unpaired) electrons. The number of likely N-dealkylation sites (tertiary alicyclic amines) is 1. The Morgan fingerprint density at radius 1 is 1.31 bits per heavy atom. The molecule has 3 fully saturated rings. The largest absolute Gasteiger partial charge is 0.444 e. The second-order valence-corrected chi connectivity index (χ2v) is 12.4. The summed E-state index contributed by atoms with van der Waals surface area (Å²) in [5, 5.41) is 13.4. The summed E-state index contributed by atoms with van der Waals surface area (Å²) in [5.74, 6) is -0.810. The molecule has 2 saturated heterocycles. The molecule has 1 N–H and O–H groups in total. The van der Waals surface area contributed by atoms with E-state index in [1.165, 1.54) is 17.4 Å². The number of morpholine rings is 1. The van der Waals surface area contributed by atoms with Crippen LogP contribution in [0, 0.1) is 23.1 Å². The highest BCUT2D eigenvalue weighted by atomic mass is 32.1. The molecule has 2 bridgehead atoms. The molecule has 2 aromatic rings. The first-order chi connectivity index (χ1) is 18.6. The number of nitriles is 1. The smallest absolute Gasteiger partial charge is 0.411 e. The van der Waals surface area contributed by atoms with Crippen LogP contribution in [-0.4, -0.2) is 71.9 Å². The van der Waals surface area contributed by atoms with E-state index in [1.54, 1.807) is 37.9 Å². The van der Waals surface area contributed by atoms with Crippen molar-refractivity contribution in [1.82, 2.24) is 15.2 Å². The van der Waals surface area contributed by atoms with E-state index in [-0.39, 0.29) is 18.4 Å². The molecule has 1 aliphatic carbocycles. The number of benzene rings is 1. The van der Waals surface area contributed by atoms with Crippen LogP contribution in [0.15, 0.2) is 24.4 Å². The molecule has 2 amide bonds. The molecule has 3 heterocycles. The minimum atomic E-state index is -0.936. The van der Waals surface area contributed by atoms with E-state index in [4.69, 9.17) is 9.47 Å². The Morgan fingerprint density at radius 3 is 2.77 bits per heavy atom. The number of hydrogen-bond acceptors (Lipinski definition) is 8. The van der Waals surface area contributed by atoms with Crippen molar-refractivity contribution in [2.45, 2.75) is 70.2 Å². The lowest BCUT2D eigenvalue weighted by atomic mass is 9.97. The number of rotatable bonds is 6. The number of piperidine rings is 1. The van der Waals surface area contributed by atoms with Gasteiger partial charge in [0.15, 0.2) is 5.13 Å². The van der Waals surface area contributed by atoms with Gasteiger partial charge >= 0.3 is 6.09 Å². The SMILES string of the molecule is CC(C)(C)OC(=O)N1C2CCC(C2)C1C(=O)NC(C#N)Cc1ccc(-c2cnc(N3CCOCC3)s2)cc1F. The van der Waals surface area contributed by atoms with E-state index in [0.717, 1.165) is 42.4 Å². The molecule has 4 atom stereocenters. The van der Waals surface area contributed by atoms with Crippen LogP contribution < -0.4 is 10.2 Å². The zero-order valence-electron chi connectivity index (χ0n) is 22.5. The summed E-state index contributed by atoms with van der Waals surface area (Å²) in [6, 6.07) is 5.33. The van der Waals surface area contributed by atoms with E-state index < -0.39 is 35.5 Å². The molecule has 0 spiro atoms. The van der Waals surface area contributed by atoms with Gasteiger partial charge in [-0.15, -0.1) is 0 Å². The van der Waals surface area contributed by atoms with Crippen LogP contribution in [0.4, 0.5) is 14.3 Å². The Balaban J connectivity index is 1.24. The van der Waals surface area contributed by atoms with Gasteiger partial charge in [-0.05, 0) is 63.1 Å². The number of halogens is 1. The van der Waals surface area contributed by atoms with E-state index in [0.29, 0.717) is 24.3 Å². The molecule has 1 aromatic heterocycles. The number of hydrogen-bond donors (Lipinski definition) is 1. The second-order valence-electron chi connectivity index (χ2n) is 11.4. The van der Waals surface area contributed by atoms with Gasteiger partial charge in [-0.25, -0.2) is 14.2 Å². The van der Waals surface area contributed by atoms with Gasteiger partial charge in [0.25, 0.3) is 0 Å². The lowest BCUT2D eigenvalue weighted by Crippen LogP contribution is -2.55. The van der Waals surface area contributed by atoms with Crippen molar-refractivity contribution < 1.29 is 23.5 Å². The molecule has 5 rings (SSSR count). The quantitative estimate of drug-likeness (QED) is 0.571. The Kier molecular flexibility index (Phi) is 7.78. The molecular formula is C28H34FN5O4S. The maximum atomic E-state index is 15.1. The standard InChI is InChI=1S/C28H34FN5O4S/c1-28(2,3)38-27(36)34-21-7-6-19(13-21)24(34)25(35)32-20(15-30)12-17-4-5-18(14-22(17)29)23-16-31-26(39-23)33-8-10-37-11-9-33/h4-5,14,16,19-21,24H,6-13H2,1-3H3,(H,32,35). The zero-order valence-corrected chi connectivity index (χ0v) is 23.3. The predicted octanol–water partition coefficient (Wildman–Crippen LogP) is 4.12. The van der Waals surface area contributed by atoms with Gasteiger partial charge in [0.2, 0.25) is 5.91 Å². The monoisotopic (exact) mass is 555 g/mol. The molecule has 208 valence electrons. The first-order valence-corrected chi connectivity index (χ1v) is 14.2. The van der Waals surface area contributed by atoms with Gasteiger partial charge in [0.05, 0.1) is 24.2 Å². The highest BCUT2D eigenvalue weighted by molar-refractivity contribution is 7.18. The number of anilines is 1. The third kappa shape index (κ3) is 6.02. The summed E-state index contributed by atoms with van der Waals surface area (Å²) in [7, 11) is 0. The number of thiazole rings is 1. The summed E-state index contributed by atoms with van der Waals surface area (Å²) in [6.45, 7) is 8.25. The number of nitrogens with zero attached hydrogens (tertiary/aromatic N) is 4. The van der Waals surface area contributed by atoms with Gasteiger partial charge in [-0.3, -0.25) is 9.69 Å². The Bertz CT molecular complexity index is 1270. The number of nitrogens with one attached hydrogen (secondary N) is 1. The highest BCUT2D eigenvalue weighted by Crippen LogP contribution is 2.43. The molecule has 1 saturated carbocycles. The van der Waals surface area contributed by atoms with Crippen LogP contribution in [-0.2, 0) is 20.7 Å². The van der Waals surface area contributed by atoms with Crippen LogP contribution in [0.1, 0.15) is 45.6 Å². The number of ether oxygens (including phenoxy) is 2. The van der Waals surface area contributed by atoms with Crippen molar-refractivity contribution in [3.63, 3.8) is 0 Å². The topological polar surface area (TPSA) is 108 Å². The van der Waals surface area contributed by atoms with Gasteiger partial charge < -0.3 is 19.7 Å². The molecule has 2 aliphatic heterocycles. The summed E-state index contributed by atoms with van der Waals surface area (Å²) in [6.07, 6.45) is 3.68. The van der Waals surface area contributed by atoms with Crippen molar-refractivity contribution in [3.8, 4) is 16.5 Å². The number of fused-ring (bicyclic) bond motifs is 2. The van der Waals surface area contributed by atoms with Crippen molar-refractivity contribution in [1.29, 1.82) is 5.26 Å². The highest BCUT2D eigenvalue weighted by Gasteiger charge is 2.52. The summed E-state index contributed by atoms with van der Waals surface area (Å²) in [4.78, 5) is 35.2. The minimum Gasteiger partial charge on any atom is -0.444 e. The normalized spacial score (nSPS) is 23.4. The summed E-state index contributed by atoms with van der Waals surface area (Å²) < 4.78 is 26.1. The van der Waals surface area contributed by atoms with Crippen molar-refractivity contribution in [2.24, 2.45) is 5.92 Å². The first kappa shape index (κ1) is 27.3. The Labute approximate surface area is 231 Å². The minimum absolute atomic E-state index is 0.0172. The van der Waals surface area contributed by atoms with Gasteiger partial charge in [-0.2, -0.15) is 5.26 Å². The number of aromatic nitrogens is 1. The number of amides is 2. The van der Waals surface area contributed by atoms with Crippen molar-refractivity contribution in [3.05, 3.63) is 35.8 Å². The van der Waals surface area contributed by atoms with Crippen molar-refractivity contribution in [2.75, 3.05) is 31.2 Å². The third-order valence-corrected chi connectivity index (χ3v) is 8.57. The lowest BCUT2D eigenvalue weighted by Gasteiger charge is -2.35. The molecule has 3 aliphatic rings. The van der Waals surface area contributed by atoms with Gasteiger partial charge in [0.1, 0.15) is 23.5 Å². The second kappa shape index (κ2) is 11.1. The summed E-state index contributed by atoms with van der Waals surface area (Å²) >= 11 is 1.50. The fourth-order valence-corrected chi connectivity index (χ4v) is 6.64. The average molecular weight is 556 g/mol. The van der Waals surface area contributed by atoms with E-state index in [1.807, 2.05) is 6.07 Å². The van der Waals surface area contributed by atoms with E-state index in [9.17, 15) is 14.9 Å². The molecule has 1 aromatic carbocycles. The fraction of sp³-hybridized carbons (Fsp3) is 0.571. The Hall–Kier alpha value is -3.23. The molecule has 9 nitrogen and oxygen atoms in total. The summed E-state index contributed by atoms with van der Waals surface area (Å²) in [5.41, 5.74) is 0.364. The molecule has 11 heteroatoms. The fourth-order valence-electron chi connectivity index (χ4n) is 5.67. The lowest BCUT2D eigenvalue weighted by molar-refractivity contribution is -0.128. The number of carbonyl (C=O) groups excluding carboxylic acids is 2. The van der Waals surface area contributed by atoms with Gasteiger partial charge in [0, 0.05) is 31.7 Å². The predicted molar refractivity (Wildman–Crippen MR) is 145 cm³/mol. The number of carbonyl (C=O) groups is 2. The van der Waals surface area contributed by atoms with Crippen LogP contribution in [0.3, 0.4) is 0 Å². The van der Waals surface area contributed by atoms with Crippen LogP contribution >= 0.6 is 11.3 Å².